The zero-order valence-electron chi connectivity index (χ0n) is 12.3. The average molecular weight is 274 g/mol. The molecule has 0 unspecified atom stereocenters. The van der Waals surface area contributed by atoms with Gasteiger partial charge in [0.25, 0.3) is 0 Å². The van der Waals surface area contributed by atoms with Crippen LogP contribution in [0.2, 0.25) is 0 Å². The van der Waals surface area contributed by atoms with E-state index in [4.69, 9.17) is 10.5 Å². The van der Waals surface area contributed by atoms with E-state index in [1.165, 1.54) is 5.56 Å². The van der Waals surface area contributed by atoms with Crippen LogP contribution in [0, 0.1) is 12.8 Å². The Labute approximate surface area is 119 Å². The third kappa shape index (κ3) is 3.57. The molecule has 1 heterocycles. The van der Waals surface area contributed by atoms with Crippen LogP contribution >= 0.6 is 0 Å². The summed E-state index contributed by atoms with van der Waals surface area (Å²) in [5.41, 5.74) is 8.69. The molecular formula is C15H22N4O. The van der Waals surface area contributed by atoms with E-state index in [9.17, 15) is 0 Å². The molecule has 1 aromatic carbocycles. The number of benzene rings is 1. The van der Waals surface area contributed by atoms with Gasteiger partial charge in [0.1, 0.15) is 23.7 Å². The maximum absolute atomic E-state index is 5.81. The van der Waals surface area contributed by atoms with E-state index in [-0.39, 0.29) is 0 Å². The van der Waals surface area contributed by atoms with Crippen LogP contribution in [0.1, 0.15) is 30.8 Å². The fraction of sp³-hybridized carbons (Fsp3) is 0.467. The van der Waals surface area contributed by atoms with Gasteiger partial charge in [0.2, 0.25) is 0 Å². The second kappa shape index (κ2) is 6.52. The first-order valence-electron chi connectivity index (χ1n) is 6.91. The van der Waals surface area contributed by atoms with E-state index in [0.29, 0.717) is 19.1 Å². The summed E-state index contributed by atoms with van der Waals surface area (Å²) < 4.78 is 7.70. The summed E-state index contributed by atoms with van der Waals surface area (Å²) in [5, 5.41) is 8.28. The highest BCUT2D eigenvalue weighted by Gasteiger charge is 2.13. The van der Waals surface area contributed by atoms with Crippen LogP contribution in [0.3, 0.4) is 0 Å². The smallest absolute Gasteiger partial charge is 0.132 e. The highest BCUT2D eigenvalue weighted by molar-refractivity contribution is 5.26. The van der Waals surface area contributed by atoms with E-state index >= 15 is 0 Å². The molecule has 1 aromatic heterocycles. The van der Waals surface area contributed by atoms with Gasteiger partial charge in [0.05, 0.1) is 0 Å². The molecule has 0 spiro atoms. The summed E-state index contributed by atoms with van der Waals surface area (Å²) in [5.74, 6) is 1.34. The van der Waals surface area contributed by atoms with E-state index in [1.54, 1.807) is 0 Å². The van der Waals surface area contributed by atoms with E-state index in [2.05, 4.69) is 31.1 Å². The Morgan fingerprint density at radius 1 is 1.25 bits per heavy atom. The van der Waals surface area contributed by atoms with Crippen molar-refractivity contribution >= 4 is 0 Å². The van der Waals surface area contributed by atoms with Crippen molar-refractivity contribution in [3.8, 4) is 5.75 Å². The van der Waals surface area contributed by atoms with Gasteiger partial charge in [-0.05, 0) is 25.0 Å². The molecule has 0 saturated heterocycles. The van der Waals surface area contributed by atoms with Crippen LogP contribution in [0.5, 0.6) is 5.75 Å². The lowest BCUT2D eigenvalue weighted by molar-refractivity contribution is 0.286. The molecule has 2 aromatic rings. The number of hydrogen-bond acceptors (Lipinski definition) is 4. The van der Waals surface area contributed by atoms with Gasteiger partial charge in [-0.2, -0.15) is 0 Å². The van der Waals surface area contributed by atoms with Gasteiger partial charge in [-0.25, -0.2) is 4.68 Å². The zero-order valence-corrected chi connectivity index (χ0v) is 12.3. The first-order valence-corrected chi connectivity index (χ1v) is 6.91. The highest BCUT2D eigenvalue weighted by Crippen LogP contribution is 2.15. The van der Waals surface area contributed by atoms with Crippen LogP contribution in [-0.2, 0) is 19.7 Å². The SMILES string of the molecule is Cc1ccc(OCc2c(CN)nnn2CC(C)C)cc1. The molecule has 108 valence electrons. The van der Waals surface area contributed by atoms with Gasteiger partial charge in [0, 0.05) is 13.1 Å². The summed E-state index contributed by atoms with van der Waals surface area (Å²) in [7, 11) is 0. The Morgan fingerprint density at radius 3 is 2.55 bits per heavy atom. The molecule has 0 aliphatic rings. The van der Waals surface area contributed by atoms with Crippen LogP contribution in [0.4, 0.5) is 0 Å². The third-order valence-electron chi connectivity index (χ3n) is 3.05. The van der Waals surface area contributed by atoms with E-state index in [1.807, 2.05) is 28.9 Å². The van der Waals surface area contributed by atoms with Gasteiger partial charge in [-0.1, -0.05) is 36.8 Å². The van der Waals surface area contributed by atoms with Crippen molar-refractivity contribution in [1.82, 2.24) is 15.0 Å². The second-order valence-corrected chi connectivity index (χ2v) is 5.36. The van der Waals surface area contributed by atoms with Crippen LogP contribution < -0.4 is 10.5 Å². The number of nitrogens with zero attached hydrogens (tertiary/aromatic N) is 3. The first-order chi connectivity index (χ1) is 9.60. The fourth-order valence-corrected chi connectivity index (χ4v) is 1.96. The molecule has 20 heavy (non-hydrogen) atoms. The van der Waals surface area contributed by atoms with Crippen molar-refractivity contribution in [3.05, 3.63) is 41.2 Å². The molecule has 5 heteroatoms. The second-order valence-electron chi connectivity index (χ2n) is 5.36. The lowest BCUT2D eigenvalue weighted by Gasteiger charge is -2.11. The zero-order chi connectivity index (χ0) is 14.5. The molecular weight excluding hydrogens is 252 g/mol. The minimum absolute atomic E-state index is 0.380. The monoisotopic (exact) mass is 274 g/mol. The van der Waals surface area contributed by atoms with Crippen molar-refractivity contribution in [3.63, 3.8) is 0 Å². The molecule has 0 bridgehead atoms. The summed E-state index contributed by atoms with van der Waals surface area (Å²) in [6.07, 6.45) is 0. The molecule has 2 N–H and O–H groups in total. The number of aryl methyl sites for hydroxylation is 1. The average Bonchev–Trinajstić information content (AvgIpc) is 2.79. The van der Waals surface area contributed by atoms with Crippen molar-refractivity contribution in [1.29, 1.82) is 0 Å². The summed E-state index contributed by atoms with van der Waals surface area (Å²) >= 11 is 0. The number of hydrogen-bond donors (Lipinski definition) is 1. The molecule has 0 aliphatic heterocycles. The Balaban J connectivity index is 2.10. The van der Waals surface area contributed by atoms with Crippen molar-refractivity contribution in [2.45, 2.75) is 40.5 Å². The summed E-state index contributed by atoms with van der Waals surface area (Å²) in [6.45, 7) is 7.99. The standard InChI is InChI=1S/C15H22N4O/c1-11(2)9-19-15(14(8-16)17-18-19)10-20-13-6-4-12(3)5-7-13/h4-7,11H,8-10,16H2,1-3H3. The van der Waals surface area contributed by atoms with Crippen LogP contribution in [-0.4, -0.2) is 15.0 Å². The largest absolute Gasteiger partial charge is 0.487 e. The van der Waals surface area contributed by atoms with E-state index < -0.39 is 0 Å². The number of aromatic nitrogens is 3. The van der Waals surface area contributed by atoms with Gasteiger partial charge < -0.3 is 10.5 Å². The number of nitrogens with two attached hydrogens (primary N) is 1. The molecule has 0 saturated carbocycles. The van der Waals surface area contributed by atoms with Crippen LogP contribution in [0.25, 0.3) is 0 Å². The summed E-state index contributed by atoms with van der Waals surface area (Å²) in [6, 6.07) is 7.99. The normalized spacial score (nSPS) is 11.1. The van der Waals surface area contributed by atoms with Gasteiger partial charge >= 0.3 is 0 Å². The van der Waals surface area contributed by atoms with Crippen molar-refractivity contribution in [2.75, 3.05) is 0 Å². The lowest BCUT2D eigenvalue weighted by atomic mass is 10.2. The molecule has 0 radical (unpaired) electrons. The minimum Gasteiger partial charge on any atom is -0.487 e. The molecule has 0 amide bonds. The van der Waals surface area contributed by atoms with E-state index in [0.717, 1.165) is 23.7 Å². The number of ether oxygens (including phenoxy) is 1. The molecule has 0 aliphatic carbocycles. The summed E-state index contributed by atoms with van der Waals surface area (Å²) in [4.78, 5) is 0. The highest BCUT2D eigenvalue weighted by atomic mass is 16.5. The van der Waals surface area contributed by atoms with Gasteiger partial charge in [-0.3, -0.25) is 0 Å². The predicted octanol–water partition coefficient (Wildman–Crippen LogP) is 2.28. The van der Waals surface area contributed by atoms with Crippen LogP contribution in [0.15, 0.2) is 24.3 Å². The third-order valence-corrected chi connectivity index (χ3v) is 3.05. The maximum Gasteiger partial charge on any atom is 0.132 e. The Kier molecular flexibility index (Phi) is 4.74. The molecule has 2 rings (SSSR count). The molecule has 5 nitrogen and oxygen atoms in total. The van der Waals surface area contributed by atoms with Gasteiger partial charge in [-0.15, -0.1) is 5.10 Å². The quantitative estimate of drug-likeness (QED) is 0.877. The van der Waals surface area contributed by atoms with Crippen molar-refractivity contribution in [2.24, 2.45) is 11.7 Å². The Bertz CT molecular complexity index is 546. The maximum atomic E-state index is 5.81. The topological polar surface area (TPSA) is 66.0 Å². The number of rotatable bonds is 6. The predicted molar refractivity (Wildman–Crippen MR) is 78.3 cm³/mol. The first kappa shape index (κ1) is 14.5. The molecule has 0 atom stereocenters. The Hall–Kier alpha value is -1.88. The van der Waals surface area contributed by atoms with Crippen molar-refractivity contribution < 1.29 is 4.74 Å². The minimum atomic E-state index is 0.380. The lowest BCUT2D eigenvalue weighted by Crippen LogP contribution is -2.13. The Morgan fingerprint density at radius 2 is 1.95 bits per heavy atom. The molecule has 0 fully saturated rings. The van der Waals surface area contributed by atoms with Gasteiger partial charge in [0.15, 0.2) is 0 Å². The fourth-order valence-electron chi connectivity index (χ4n) is 1.96.